The Hall–Kier alpha value is -2.79. The SMILES string of the molecule is Cc1ccccc1-c1cc(O)c2c(c1)CN(Cc1cnc(C)n1C)CCO2. The van der Waals surface area contributed by atoms with E-state index in [2.05, 4.69) is 39.6 Å². The second-order valence-corrected chi connectivity index (χ2v) is 7.21. The molecule has 0 saturated heterocycles. The van der Waals surface area contributed by atoms with Gasteiger partial charge in [-0.3, -0.25) is 4.90 Å². The minimum absolute atomic E-state index is 0.212. The van der Waals surface area contributed by atoms with E-state index in [0.717, 1.165) is 42.1 Å². The number of rotatable bonds is 3. The molecule has 1 N–H and O–H groups in total. The highest BCUT2D eigenvalue weighted by Gasteiger charge is 2.21. The number of aromatic nitrogens is 2. The van der Waals surface area contributed by atoms with Crippen LogP contribution in [0, 0.1) is 13.8 Å². The monoisotopic (exact) mass is 363 g/mol. The van der Waals surface area contributed by atoms with Crippen LogP contribution in [0.3, 0.4) is 0 Å². The minimum atomic E-state index is 0.212. The number of hydrogen-bond donors (Lipinski definition) is 1. The summed E-state index contributed by atoms with van der Waals surface area (Å²) in [6.07, 6.45) is 1.93. The van der Waals surface area contributed by atoms with E-state index in [-0.39, 0.29) is 5.75 Å². The van der Waals surface area contributed by atoms with Gasteiger partial charge < -0.3 is 14.4 Å². The predicted molar refractivity (Wildman–Crippen MR) is 106 cm³/mol. The lowest BCUT2D eigenvalue weighted by Crippen LogP contribution is -2.26. The lowest BCUT2D eigenvalue weighted by atomic mass is 9.98. The van der Waals surface area contributed by atoms with Crippen LogP contribution in [0.2, 0.25) is 0 Å². The van der Waals surface area contributed by atoms with E-state index < -0.39 is 0 Å². The van der Waals surface area contributed by atoms with Crippen molar-refractivity contribution in [1.82, 2.24) is 14.5 Å². The third-order valence-electron chi connectivity index (χ3n) is 5.35. The molecule has 0 atom stereocenters. The van der Waals surface area contributed by atoms with Crippen LogP contribution >= 0.6 is 0 Å². The fraction of sp³-hybridized carbons (Fsp3) is 0.318. The zero-order valence-corrected chi connectivity index (χ0v) is 16.1. The fourth-order valence-corrected chi connectivity index (χ4v) is 3.67. The molecule has 5 heteroatoms. The van der Waals surface area contributed by atoms with Crippen molar-refractivity contribution >= 4 is 0 Å². The lowest BCUT2D eigenvalue weighted by Gasteiger charge is -2.20. The summed E-state index contributed by atoms with van der Waals surface area (Å²) in [5.41, 5.74) is 5.54. The van der Waals surface area contributed by atoms with E-state index in [1.807, 2.05) is 32.3 Å². The summed E-state index contributed by atoms with van der Waals surface area (Å²) in [7, 11) is 2.04. The van der Waals surface area contributed by atoms with Crippen LogP contribution in [0.25, 0.3) is 11.1 Å². The van der Waals surface area contributed by atoms with Crippen LogP contribution in [0.5, 0.6) is 11.5 Å². The van der Waals surface area contributed by atoms with Crippen molar-refractivity contribution in [3.63, 3.8) is 0 Å². The number of aromatic hydroxyl groups is 1. The van der Waals surface area contributed by atoms with Gasteiger partial charge in [0, 0.05) is 38.4 Å². The lowest BCUT2D eigenvalue weighted by molar-refractivity contribution is 0.214. The van der Waals surface area contributed by atoms with Gasteiger partial charge in [0.2, 0.25) is 0 Å². The molecule has 3 aromatic rings. The standard InChI is InChI=1S/C22H25N3O2/c1-15-6-4-5-7-20(15)17-10-18-13-25(8-9-27-22(18)21(26)11-17)14-19-12-23-16(2)24(19)3/h4-7,10-12,26H,8-9,13-14H2,1-3H3. The summed E-state index contributed by atoms with van der Waals surface area (Å²) in [5.74, 6) is 1.83. The zero-order valence-electron chi connectivity index (χ0n) is 16.1. The summed E-state index contributed by atoms with van der Waals surface area (Å²) in [6.45, 7) is 6.99. The molecule has 1 aromatic heterocycles. The molecular formula is C22H25N3O2. The number of imidazole rings is 1. The minimum Gasteiger partial charge on any atom is -0.504 e. The van der Waals surface area contributed by atoms with Gasteiger partial charge in [-0.2, -0.15) is 0 Å². The first-order chi connectivity index (χ1) is 13.0. The summed E-state index contributed by atoms with van der Waals surface area (Å²) in [6, 6.07) is 12.2. The van der Waals surface area contributed by atoms with Crippen molar-refractivity contribution in [2.45, 2.75) is 26.9 Å². The summed E-state index contributed by atoms with van der Waals surface area (Å²) >= 11 is 0. The molecule has 0 unspecified atom stereocenters. The molecule has 0 saturated carbocycles. The third-order valence-corrected chi connectivity index (χ3v) is 5.35. The van der Waals surface area contributed by atoms with Crippen molar-refractivity contribution in [3.05, 3.63) is 65.2 Å². The van der Waals surface area contributed by atoms with E-state index >= 15 is 0 Å². The molecule has 0 aliphatic carbocycles. The number of benzene rings is 2. The van der Waals surface area contributed by atoms with E-state index in [1.54, 1.807) is 6.07 Å². The Balaban J connectivity index is 1.67. The average Bonchev–Trinajstić information content (AvgIpc) is 2.84. The van der Waals surface area contributed by atoms with Crippen LogP contribution in [0.15, 0.2) is 42.6 Å². The molecule has 2 heterocycles. The third kappa shape index (κ3) is 3.43. The van der Waals surface area contributed by atoms with Crippen LogP contribution in [0.4, 0.5) is 0 Å². The Kier molecular flexibility index (Phi) is 4.62. The molecule has 0 amide bonds. The predicted octanol–water partition coefficient (Wildman–Crippen LogP) is 3.80. The maximum Gasteiger partial charge on any atom is 0.165 e. The Bertz CT molecular complexity index is 978. The highest BCUT2D eigenvalue weighted by atomic mass is 16.5. The second kappa shape index (κ2) is 7.08. The average molecular weight is 363 g/mol. The van der Waals surface area contributed by atoms with Gasteiger partial charge in [0.1, 0.15) is 12.4 Å². The van der Waals surface area contributed by atoms with E-state index in [9.17, 15) is 5.11 Å². The zero-order chi connectivity index (χ0) is 19.0. The second-order valence-electron chi connectivity index (χ2n) is 7.21. The smallest absolute Gasteiger partial charge is 0.165 e. The highest BCUT2D eigenvalue weighted by molar-refractivity contribution is 5.71. The highest BCUT2D eigenvalue weighted by Crippen LogP contribution is 2.38. The molecular weight excluding hydrogens is 338 g/mol. The first kappa shape index (κ1) is 17.6. The van der Waals surface area contributed by atoms with Crippen molar-refractivity contribution in [3.8, 4) is 22.6 Å². The van der Waals surface area contributed by atoms with Crippen LogP contribution in [-0.2, 0) is 20.1 Å². The first-order valence-corrected chi connectivity index (χ1v) is 9.27. The van der Waals surface area contributed by atoms with Crippen molar-refractivity contribution in [2.24, 2.45) is 7.05 Å². The Labute approximate surface area is 159 Å². The molecule has 4 rings (SSSR count). The van der Waals surface area contributed by atoms with Gasteiger partial charge in [-0.15, -0.1) is 0 Å². The Morgan fingerprint density at radius 2 is 2.00 bits per heavy atom. The van der Waals surface area contributed by atoms with Gasteiger partial charge in [0.05, 0.1) is 5.69 Å². The van der Waals surface area contributed by atoms with Gasteiger partial charge in [-0.05, 0) is 42.7 Å². The van der Waals surface area contributed by atoms with Crippen molar-refractivity contribution in [1.29, 1.82) is 0 Å². The Morgan fingerprint density at radius 1 is 1.19 bits per heavy atom. The maximum absolute atomic E-state index is 10.6. The van der Waals surface area contributed by atoms with E-state index in [4.69, 9.17) is 4.74 Å². The van der Waals surface area contributed by atoms with E-state index in [0.29, 0.717) is 12.4 Å². The van der Waals surface area contributed by atoms with Crippen LogP contribution in [-0.4, -0.2) is 32.7 Å². The first-order valence-electron chi connectivity index (χ1n) is 9.27. The van der Waals surface area contributed by atoms with Gasteiger partial charge in [0.25, 0.3) is 0 Å². The largest absolute Gasteiger partial charge is 0.504 e. The molecule has 0 bridgehead atoms. The number of phenols is 1. The normalized spacial score (nSPS) is 14.5. The summed E-state index contributed by atoms with van der Waals surface area (Å²) in [5, 5.41) is 10.6. The van der Waals surface area contributed by atoms with Crippen molar-refractivity contribution in [2.75, 3.05) is 13.2 Å². The number of phenolic OH excluding ortho intramolecular Hbond substituents is 1. The Morgan fingerprint density at radius 3 is 2.74 bits per heavy atom. The van der Waals surface area contributed by atoms with Crippen LogP contribution in [0.1, 0.15) is 22.6 Å². The van der Waals surface area contributed by atoms with Gasteiger partial charge in [-0.1, -0.05) is 24.3 Å². The summed E-state index contributed by atoms with van der Waals surface area (Å²) in [4.78, 5) is 6.73. The molecule has 1 aliphatic heterocycles. The van der Waals surface area contributed by atoms with E-state index in [1.165, 1.54) is 11.3 Å². The molecule has 0 radical (unpaired) electrons. The number of ether oxygens (including phenoxy) is 1. The number of aryl methyl sites for hydroxylation is 2. The molecule has 2 aromatic carbocycles. The van der Waals surface area contributed by atoms with Gasteiger partial charge in [-0.25, -0.2) is 4.98 Å². The van der Waals surface area contributed by atoms with Crippen molar-refractivity contribution < 1.29 is 9.84 Å². The molecule has 5 nitrogen and oxygen atoms in total. The number of fused-ring (bicyclic) bond motifs is 1. The quantitative estimate of drug-likeness (QED) is 0.769. The number of hydrogen-bond acceptors (Lipinski definition) is 4. The summed E-state index contributed by atoms with van der Waals surface area (Å²) < 4.78 is 8.01. The van der Waals surface area contributed by atoms with Gasteiger partial charge in [0.15, 0.2) is 11.5 Å². The molecule has 0 fully saturated rings. The molecule has 0 spiro atoms. The molecule has 140 valence electrons. The maximum atomic E-state index is 10.6. The molecule has 27 heavy (non-hydrogen) atoms. The van der Waals surface area contributed by atoms with Gasteiger partial charge >= 0.3 is 0 Å². The van der Waals surface area contributed by atoms with Crippen LogP contribution < -0.4 is 4.74 Å². The molecule has 1 aliphatic rings. The topological polar surface area (TPSA) is 50.5 Å². The number of nitrogens with zero attached hydrogens (tertiary/aromatic N) is 3. The fourth-order valence-electron chi connectivity index (χ4n) is 3.67.